The van der Waals surface area contributed by atoms with Gasteiger partial charge in [0.25, 0.3) is 0 Å². The largest absolute Gasteiger partial charge is 0.383 e. The molecule has 0 radical (unpaired) electrons. The van der Waals surface area contributed by atoms with E-state index in [1.807, 2.05) is 25.9 Å². The van der Waals surface area contributed by atoms with Crippen LogP contribution in [0.5, 0.6) is 0 Å². The van der Waals surface area contributed by atoms with E-state index in [4.69, 9.17) is 11.6 Å². The number of halogens is 1. The molecule has 0 bridgehead atoms. The van der Waals surface area contributed by atoms with Crippen LogP contribution in [0.3, 0.4) is 0 Å². The summed E-state index contributed by atoms with van der Waals surface area (Å²) in [4.78, 5) is 18.3. The highest BCUT2D eigenvalue weighted by Gasteiger charge is 2.14. The third kappa shape index (κ3) is 2.38. The molecule has 2 aromatic heterocycles. The molecule has 0 N–H and O–H groups in total. The Morgan fingerprint density at radius 2 is 2.22 bits per heavy atom. The van der Waals surface area contributed by atoms with Crippen molar-refractivity contribution in [1.82, 2.24) is 14.3 Å². The molecule has 0 aliphatic carbocycles. The molecular formula is C13H14ClN3O. The number of aromatic nitrogens is 2. The minimum absolute atomic E-state index is 0.0731. The van der Waals surface area contributed by atoms with E-state index in [0.717, 1.165) is 0 Å². The second kappa shape index (κ2) is 4.82. The van der Waals surface area contributed by atoms with E-state index < -0.39 is 0 Å². The number of carbonyl (C=O) groups excluding carboxylic acids is 1. The van der Waals surface area contributed by atoms with E-state index in [-0.39, 0.29) is 5.78 Å². The average Bonchev–Trinajstić information content (AvgIpc) is 2.61. The monoisotopic (exact) mass is 263 g/mol. The number of imidazole rings is 1. The normalized spacial score (nSPS) is 11.3. The topological polar surface area (TPSA) is 37.6 Å². The Labute approximate surface area is 110 Å². The minimum atomic E-state index is -0.0731. The molecule has 0 spiro atoms. The van der Waals surface area contributed by atoms with Gasteiger partial charge in [-0.2, -0.15) is 0 Å². The lowest BCUT2D eigenvalue weighted by Crippen LogP contribution is -2.06. The first kappa shape index (κ1) is 12.6. The Morgan fingerprint density at radius 1 is 1.50 bits per heavy atom. The van der Waals surface area contributed by atoms with Gasteiger partial charge in [-0.15, -0.1) is 0 Å². The summed E-state index contributed by atoms with van der Waals surface area (Å²) in [6.45, 7) is 1.82. The molecule has 0 aliphatic heterocycles. The van der Waals surface area contributed by atoms with Gasteiger partial charge in [0.2, 0.25) is 5.78 Å². The number of hydrogen-bond donors (Lipinski definition) is 0. The van der Waals surface area contributed by atoms with Crippen molar-refractivity contribution in [3.8, 4) is 0 Å². The summed E-state index contributed by atoms with van der Waals surface area (Å²) in [6.07, 6.45) is 5.01. The SMILES string of the molecule is Cc1nc2cc(Cl)ccn2c1C(=O)/C=C/N(C)C. The summed E-state index contributed by atoms with van der Waals surface area (Å²) < 4.78 is 1.75. The highest BCUT2D eigenvalue weighted by atomic mass is 35.5. The third-order valence-corrected chi connectivity index (χ3v) is 2.76. The zero-order chi connectivity index (χ0) is 13.3. The summed E-state index contributed by atoms with van der Waals surface area (Å²) >= 11 is 5.90. The molecule has 0 unspecified atom stereocenters. The van der Waals surface area contributed by atoms with Crippen molar-refractivity contribution in [2.75, 3.05) is 14.1 Å². The summed E-state index contributed by atoms with van der Waals surface area (Å²) in [5.41, 5.74) is 1.95. The molecule has 0 atom stereocenters. The summed E-state index contributed by atoms with van der Waals surface area (Å²) in [7, 11) is 3.73. The molecule has 5 heteroatoms. The zero-order valence-corrected chi connectivity index (χ0v) is 11.3. The summed E-state index contributed by atoms with van der Waals surface area (Å²) in [6, 6.07) is 3.48. The maximum atomic E-state index is 12.1. The van der Waals surface area contributed by atoms with Crippen molar-refractivity contribution in [3.63, 3.8) is 0 Å². The van der Waals surface area contributed by atoms with Crippen LogP contribution in [0.25, 0.3) is 5.65 Å². The molecular weight excluding hydrogens is 250 g/mol. The Kier molecular flexibility index (Phi) is 3.39. The number of allylic oxidation sites excluding steroid dienone is 1. The highest BCUT2D eigenvalue weighted by Crippen LogP contribution is 2.17. The number of pyridine rings is 1. The second-order valence-corrected chi connectivity index (χ2v) is 4.70. The Hall–Kier alpha value is -1.81. The van der Waals surface area contributed by atoms with Gasteiger partial charge in [0.15, 0.2) is 0 Å². The summed E-state index contributed by atoms with van der Waals surface area (Å²) in [5, 5.41) is 0.607. The number of aryl methyl sites for hydroxylation is 1. The van der Waals surface area contributed by atoms with Crippen LogP contribution < -0.4 is 0 Å². The number of hydrogen-bond acceptors (Lipinski definition) is 3. The van der Waals surface area contributed by atoms with Gasteiger partial charge in [-0.25, -0.2) is 4.98 Å². The maximum absolute atomic E-state index is 12.1. The lowest BCUT2D eigenvalue weighted by Gasteiger charge is -2.03. The number of ketones is 1. The molecule has 2 aromatic rings. The fourth-order valence-corrected chi connectivity index (χ4v) is 1.88. The van der Waals surface area contributed by atoms with Gasteiger partial charge >= 0.3 is 0 Å². The molecule has 0 aromatic carbocycles. The van der Waals surface area contributed by atoms with Crippen LogP contribution in [0.2, 0.25) is 5.02 Å². The van der Waals surface area contributed by atoms with E-state index in [1.165, 1.54) is 6.08 Å². The average molecular weight is 264 g/mol. The smallest absolute Gasteiger partial charge is 0.205 e. The van der Waals surface area contributed by atoms with Gasteiger partial charge in [0.1, 0.15) is 11.3 Å². The molecule has 2 rings (SSSR count). The fraction of sp³-hybridized carbons (Fsp3) is 0.231. The molecule has 0 saturated heterocycles. The number of fused-ring (bicyclic) bond motifs is 1. The van der Waals surface area contributed by atoms with Crippen LogP contribution in [0.15, 0.2) is 30.6 Å². The number of nitrogens with zero attached hydrogens (tertiary/aromatic N) is 3. The van der Waals surface area contributed by atoms with Gasteiger partial charge in [-0.1, -0.05) is 11.6 Å². The summed E-state index contributed by atoms with van der Waals surface area (Å²) in [5.74, 6) is -0.0731. The maximum Gasteiger partial charge on any atom is 0.205 e. The molecule has 4 nitrogen and oxygen atoms in total. The molecule has 2 heterocycles. The fourth-order valence-electron chi connectivity index (χ4n) is 1.73. The zero-order valence-electron chi connectivity index (χ0n) is 10.5. The van der Waals surface area contributed by atoms with Crippen molar-refractivity contribution in [2.24, 2.45) is 0 Å². The Balaban J connectivity index is 2.50. The van der Waals surface area contributed by atoms with Crippen LogP contribution in [-0.4, -0.2) is 34.2 Å². The highest BCUT2D eigenvalue weighted by molar-refractivity contribution is 6.30. The van der Waals surface area contributed by atoms with Crippen LogP contribution in [0.4, 0.5) is 0 Å². The van der Waals surface area contributed by atoms with Crippen molar-refractivity contribution in [1.29, 1.82) is 0 Å². The Morgan fingerprint density at radius 3 is 2.89 bits per heavy atom. The van der Waals surface area contributed by atoms with Crippen LogP contribution in [0, 0.1) is 6.92 Å². The van der Waals surface area contributed by atoms with Crippen LogP contribution >= 0.6 is 11.6 Å². The van der Waals surface area contributed by atoms with E-state index in [0.29, 0.717) is 22.1 Å². The molecule has 94 valence electrons. The van der Waals surface area contributed by atoms with Crippen LogP contribution in [0.1, 0.15) is 16.2 Å². The standard InChI is InChI=1S/C13H14ClN3O/c1-9-13(11(18)5-6-16(2)3)17-7-4-10(14)8-12(17)15-9/h4-8H,1-3H3/b6-5+. The quantitative estimate of drug-likeness (QED) is 0.631. The number of carbonyl (C=O) groups is 1. The predicted molar refractivity (Wildman–Crippen MR) is 72.1 cm³/mol. The molecule has 0 aliphatic rings. The third-order valence-electron chi connectivity index (χ3n) is 2.52. The van der Waals surface area contributed by atoms with E-state index in [9.17, 15) is 4.79 Å². The lowest BCUT2D eigenvalue weighted by atomic mass is 10.2. The van der Waals surface area contributed by atoms with Gasteiger partial charge in [0, 0.05) is 43.7 Å². The van der Waals surface area contributed by atoms with Gasteiger partial charge in [0.05, 0.1) is 5.69 Å². The minimum Gasteiger partial charge on any atom is -0.383 e. The van der Waals surface area contributed by atoms with Gasteiger partial charge in [-0.05, 0) is 13.0 Å². The van der Waals surface area contributed by atoms with E-state index >= 15 is 0 Å². The van der Waals surface area contributed by atoms with E-state index in [2.05, 4.69) is 4.98 Å². The Bertz CT molecular complexity index is 628. The number of rotatable bonds is 3. The first-order valence-corrected chi connectivity index (χ1v) is 5.90. The first-order valence-electron chi connectivity index (χ1n) is 5.52. The first-order chi connectivity index (χ1) is 8.49. The van der Waals surface area contributed by atoms with Gasteiger partial charge in [-0.3, -0.25) is 9.20 Å². The van der Waals surface area contributed by atoms with Crippen molar-refractivity contribution < 1.29 is 4.79 Å². The molecule has 0 fully saturated rings. The van der Waals surface area contributed by atoms with Crippen molar-refractivity contribution >= 4 is 23.0 Å². The second-order valence-electron chi connectivity index (χ2n) is 4.26. The van der Waals surface area contributed by atoms with Crippen LogP contribution in [-0.2, 0) is 0 Å². The van der Waals surface area contributed by atoms with E-state index in [1.54, 1.807) is 28.9 Å². The van der Waals surface area contributed by atoms with Gasteiger partial charge < -0.3 is 4.90 Å². The molecule has 0 amide bonds. The molecule has 18 heavy (non-hydrogen) atoms. The predicted octanol–water partition coefficient (Wildman–Crippen LogP) is 2.55. The lowest BCUT2D eigenvalue weighted by molar-refractivity contribution is 0.104. The molecule has 0 saturated carbocycles. The van der Waals surface area contributed by atoms with Crippen molar-refractivity contribution in [3.05, 3.63) is 47.0 Å². The van der Waals surface area contributed by atoms with Crippen molar-refractivity contribution in [2.45, 2.75) is 6.92 Å².